The first-order valence-electron chi connectivity index (χ1n) is 7.13. The van der Waals surface area contributed by atoms with E-state index in [1.54, 1.807) is 0 Å². The van der Waals surface area contributed by atoms with Crippen LogP contribution in [0.3, 0.4) is 0 Å². The smallest absolute Gasteiger partial charge is 0.267 e. The second-order valence-corrected chi connectivity index (χ2v) is 10.5. The molecule has 23 heavy (non-hydrogen) atoms. The van der Waals surface area contributed by atoms with Crippen LogP contribution in [0.2, 0.25) is 0 Å². The summed E-state index contributed by atoms with van der Waals surface area (Å²) in [5, 5.41) is 0. The monoisotopic (exact) mass is 394 g/mol. The van der Waals surface area contributed by atoms with E-state index in [0.29, 0.717) is 26.2 Å². The van der Waals surface area contributed by atoms with Crippen molar-refractivity contribution in [1.29, 1.82) is 0 Å². The Balaban J connectivity index is 0.000000173. The van der Waals surface area contributed by atoms with Crippen LogP contribution in [0, 0.1) is 5.92 Å². The van der Waals surface area contributed by atoms with Gasteiger partial charge in [-0.1, -0.05) is 6.92 Å². The number of hydrogen-bond donors (Lipinski definition) is 0. The molecule has 3 heterocycles. The van der Waals surface area contributed by atoms with Crippen LogP contribution in [-0.4, -0.2) is 62.3 Å². The van der Waals surface area contributed by atoms with Crippen molar-refractivity contribution in [3.8, 4) is 0 Å². The molecule has 0 aromatic heterocycles. The van der Waals surface area contributed by atoms with Gasteiger partial charge in [0.05, 0.1) is 37.1 Å². The van der Waals surface area contributed by atoms with Gasteiger partial charge in [-0.15, -0.1) is 0 Å². The van der Waals surface area contributed by atoms with Gasteiger partial charge in [0.25, 0.3) is 30.4 Å². The van der Waals surface area contributed by atoms with Crippen molar-refractivity contribution in [3.05, 3.63) is 0 Å². The Bertz CT molecular complexity index is 617. The van der Waals surface area contributed by atoms with Gasteiger partial charge in [-0.05, 0) is 25.2 Å². The molecular formula is C11H22O9S3. The molecular weight excluding hydrogens is 372 g/mol. The number of hydrogen-bond acceptors (Lipinski definition) is 9. The van der Waals surface area contributed by atoms with Gasteiger partial charge in [-0.3, -0.25) is 12.5 Å². The van der Waals surface area contributed by atoms with Crippen LogP contribution in [0.1, 0.15) is 26.2 Å². The second kappa shape index (κ2) is 8.72. The van der Waals surface area contributed by atoms with Crippen LogP contribution in [0.5, 0.6) is 0 Å². The van der Waals surface area contributed by atoms with Crippen molar-refractivity contribution < 1.29 is 37.8 Å². The molecule has 12 heteroatoms. The van der Waals surface area contributed by atoms with E-state index >= 15 is 0 Å². The highest BCUT2D eigenvalue weighted by atomic mass is 32.2. The van der Waals surface area contributed by atoms with Gasteiger partial charge >= 0.3 is 0 Å². The molecule has 3 rings (SSSR count). The van der Waals surface area contributed by atoms with Crippen LogP contribution >= 0.6 is 0 Å². The van der Waals surface area contributed by atoms with E-state index in [9.17, 15) is 25.3 Å². The molecule has 1 atom stereocenters. The highest BCUT2D eigenvalue weighted by Crippen LogP contribution is 2.12. The van der Waals surface area contributed by atoms with Gasteiger partial charge in [0.1, 0.15) is 0 Å². The average molecular weight is 394 g/mol. The Morgan fingerprint density at radius 2 is 1.22 bits per heavy atom. The van der Waals surface area contributed by atoms with Crippen molar-refractivity contribution in [2.45, 2.75) is 26.2 Å². The van der Waals surface area contributed by atoms with E-state index in [1.807, 2.05) is 6.92 Å². The molecule has 0 N–H and O–H groups in total. The Kier molecular flexibility index (Phi) is 7.87. The fourth-order valence-corrected chi connectivity index (χ4v) is 5.11. The minimum atomic E-state index is -3.10. The highest BCUT2D eigenvalue weighted by molar-refractivity contribution is 7.87. The molecule has 3 saturated heterocycles. The topological polar surface area (TPSA) is 130 Å². The van der Waals surface area contributed by atoms with E-state index < -0.39 is 30.4 Å². The van der Waals surface area contributed by atoms with Crippen LogP contribution < -0.4 is 0 Å². The molecule has 3 fully saturated rings. The van der Waals surface area contributed by atoms with Gasteiger partial charge in [0, 0.05) is 0 Å². The van der Waals surface area contributed by atoms with Crippen molar-refractivity contribution in [2.24, 2.45) is 5.92 Å². The van der Waals surface area contributed by atoms with Crippen LogP contribution in [-0.2, 0) is 42.9 Å². The van der Waals surface area contributed by atoms with Gasteiger partial charge < -0.3 is 0 Å². The van der Waals surface area contributed by atoms with E-state index in [0.717, 1.165) is 12.8 Å². The molecule has 3 aliphatic rings. The molecule has 3 aliphatic heterocycles. The molecule has 0 aliphatic carbocycles. The lowest BCUT2D eigenvalue weighted by Crippen LogP contribution is -2.17. The molecule has 0 bridgehead atoms. The molecule has 0 spiro atoms. The summed E-state index contributed by atoms with van der Waals surface area (Å²) in [5.74, 6) is 0.771. The van der Waals surface area contributed by atoms with Crippen molar-refractivity contribution in [1.82, 2.24) is 0 Å². The Hall–Kier alpha value is -0.270. The SMILES string of the molecule is CC1COS(=O)(=O)C1.O=S1(=O)CCCCO1.O=S1(=O)CCCO1. The standard InChI is InChI=1S/2C4H8O3S.C3H6O3S/c1-4-2-7-8(5,6)3-4;5-8(6)4-2-1-3-7-8;4-7(5)3-1-2-6-7/h4H,2-3H2,1H3;1-4H2;1-3H2. The maximum atomic E-state index is 10.4. The largest absolute Gasteiger partial charge is 0.270 e. The maximum Gasteiger partial charge on any atom is 0.267 e. The average Bonchev–Trinajstić information content (AvgIpc) is 2.95. The summed E-state index contributed by atoms with van der Waals surface area (Å²) < 4.78 is 75.3. The predicted molar refractivity (Wildman–Crippen MR) is 82.2 cm³/mol. The van der Waals surface area contributed by atoms with Gasteiger partial charge in [0.2, 0.25) is 0 Å². The summed E-state index contributed by atoms with van der Waals surface area (Å²) in [6.45, 7) is 2.97. The minimum Gasteiger partial charge on any atom is -0.270 e. The summed E-state index contributed by atoms with van der Waals surface area (Å²) in [6.07, 6.45) is 2.28. The Morgan fingerprint density at radius 3 is 1.39 bits per heavy atom. The third kappa shape index (κ3) is 9.57. The Morgan fingerprint density at radius 1 is 0.696 bits per heavy atom. The van der Waals surface area contributed by atoms with Gasteiger partial charge in [0.15, 0.2) is 0 Å². The molecule has 0 saturated carbocycles. The maximum absolute atomic E-state index is 10.4. The molecule has 0 radical (unpaired) electrons. The molecule has 0 amide bonds. The van der Waals surface area contributed by atoms with Crippen LogP contribution in [0.25, 0.3) is 0 Å². The third-order valence-electron chi connectivity index (χ3n) is 2.87. The minimum absolute atomic E-state index is 0.181. The predicted octanol–water partition coefficient (Wildman–Crippen LogP) is -0.154. The molecule has 138 valence electrons. The van der Waals surface area contributed by atoms with Gasteiger partial charge in [-0.25, -0.2) is 0 Å². The molecule has 0 aromatic rings. The quantitative estimate of drug-likeness (QED) is 0.515. The Labute approximate surface area is 137 Å². The first-order chi connectivity index (χ1) is 10.5. The summed E-state index contributed by atoms with van der Waals surface area (Å²) in [7, 11) is -9.22. The zero-order valence-electron chi connectivity index (χ0n) is 12.8. The lowest BCUT2D eigenvalue weighted by Gasteiger charge is -2.09. The second-order valence-electron chi connectivity index (χ2n) is 5.34. The normalized spacial score (nSPS) is 30.4. The van der Waals surface area contributed by atoms with Crippen molar-refractivity contribution in [3.63, 3.8) is 0 Å². The van der Waals surface area contributed by atoms with E-state index in [1.165, 1.54) is 0 Å². The molecule has 9 nitrogen and oxygen atoms in total. The third-order valence-corrected chi connectivity index (χ3v) is 6.98. The zero-order valence-corrected chi connectivity index (χ0v) is 15.3. The fourth-order valence-electron chi connectivity index (χ4n) is 1.77. The summed E-state index contributed by atoms with van der Waals surface area (Å²) in [6, 6.07) is 0. The van der Waals surface area contributed by atoms with E-state index in [2.05, 4.69) is 12.5 Å². The van der Waals surface area contributed by atoms with Crippen molar-refractivity contribution >= 4 is 30.4 Å². The lowest BCUT2D eigenvalue weighted by molar-refractivity contribution is 0.292. The summed E-state index contributed by atoms with van der Waals surface area (Å²) in [5.41, 5.74) is 0. The molecule has 1 unspecified atom stereocenters. The zero-order chi connectivity index (χ0) is 17.6. The lowest BCUT2D eigenvalue weighted by atomic mass is 10.2. The van der Waals surface area contributed by atoms with Gasteiger partial charge in [-0.2, -0.15) is 25.3 Å². The van der Waals surface area contributed by atoms with Crippen LogP contribution in [0.15, 0.2) is 0 Å². The van der Waals surface area contributed by atoms with Crippen LogP contribution in [0.4, 0.5) is 0 Å². The highest BCUT2D eigenvalue weighted by Gasteiger charge is 2.24. The summed E-state index contributed by atoms with van der Waals surface area (Å²) >= 11 is 0. The summed E-state index contributed by atoms with van der Waals surface area (Å²) in [4.78, 5) is 0. The number of rotatable bonds is 0. The first-order valence-corrected chi connectivity index (χ1v) is 11.9. The fraction of sp³-hybridized carbons (Fsp3) is 1.00. The first kappa shape index (κ1) is 20.8. The van der Waals surface area contributed by atoms with E-state index in [4.69, 9.17) is 0 Å². The molecule has 0 aromatic carbocycles. The van der Waals surface area contributed by atoms with E-state index in [-0.39, 0.29) is 23.2 Å². The van der Waals surface area contributed by atoms with Crippen molar-refractivity contribution in [2.75, 3.05) is 37.1 Å².